The van der Waals surface area contributed by atoms with Crippen LogP contribution in [0.15, 0.2) is 10.6 Å². The number of anilines is 1. The van der Waals surface area contributed by atoms with Crippen molar-refractivity contribution in [3.05, 3.63) is 11.8 Å². The van der Waals surface area contributed by atoms with Gasteiger partial charge in [0, 0.05) is 18.1 Å². The molecule has 1 aliphatic rings. The number of nitrogen functional groups attached to an aromatic ring is 1. The van der Waals surface area contributed by atoms with Crippen molar-refractivity contribution in [2.24, 2.45) is 0 Å². The molecule has 96 valence electrons. The summed E-state index contributed by atoms with van der Waals surface area (Å²) in [7, 11) is 0. The first-order chi connectivity index (χ1) is 8.08. The Hall–Kier alpha value is -1.07. The van der Waals surface area contributed by atoms with Gasteiger partial charge >= 0.3 is 0 Å². The van der Waals surface area contributed by atoms with Crippen molar-refractivity contribution in [2.45, 2.75) is 44.8 Å². The third-order valence-electron chi connectivity index (χ3n) is 2.99. The Morgan fingerprint density at radius 3 is 2.94 bits per heavy atom. The van der Waals surface area contributed by atoms with Crippen LogP contribution in [0.5, 0.6) is 0 Å². The second-order valence-corrected chi connectivity index (χ2v) is 5.11. The molecule has 1 aromatic heterocycles. The zero-order chi connectivity index (χ0) is 12.3. The van der Waals surface area contributed by atoms with Gasteiger partial charge in [-0.3, -0.25) is 0 Å². The molecule has 5 nitrogen and oxygen atoms in total. The Kier molecular flexibility index (Phi) is 3.69. The fourth-order valence-electron chi connectivity index (χ4n) is 1.83. The first-order valence-corrected chi connectivity index (χ1v) is 6.04. The lowest BCUT2D eigenvalue weighted by Crippen LogP contribution is -2.31. The molecule has 1 aliphatic heterocycles. The second kappa shape index (κ2) is 5.06. The van der Waals surface area contributed by atoms with E-state index in [0.29, 0.717) is 12.5 Å². The summed E-state index contributed by atoms with van der Waals surface area (Å²) in [6, 6.07) is 1.74. The van der Waals surface area contributed by atoms with Crippen LogP contribution < -0.4 is 5.73 Å². The van der Waals surface area contributed by atoms with Crippen LogP contribution in [0.25, 0.3) is 0 Å². The maximum atomic E-state index is 5.77. The van der Waals surface area contributed by atoms with Gasteiger partial charge in [0.05, 0.1) is 12.3 Å². The first-order valence-electron chi connectivity index (χ1n) is 6.04. The topological polar surface area (TPSA) is 70.5 Å². The highest BCUT2D eigenvalue weighted by Crippen LogP contribution is 2.25. The number of nitrogens with two attached hydrogens (primary N) is 1. The fourth-order valence-corrected chi connectivity index (χ4v) is 1.83. The highest BCUT2D eigenvalue weighted by atomic mass is 16.7. The molecule has 0 aliphatic carbocycles. The van der Waals surface area contributed by atoms with Crippen LogP contribution >= 0.6 is 0 Å². The van der Waals surface area contributed by atoms with Gasteiger partial charge in [-0.2, -0.15) is 0 Å². The van der Waals surface area contributed by atoms with Crippen LogP contribution in [0.4, 0.5) is 5.88 Å². The average molecular weight is 240 g/mol. The zero-order valence-corrected chi connectivity index (χ0v) is 10.4. The Morgan fingerprint density at radius 2 is 2.35 bits per heavy atom. The summed E-state index contributed by atoms with van der Waals surface area (Å²) in [5.74, 6) is 0.335. The molecule has 1 aromatic rings. The van der Waals surface area contributed by atoms with E-state index in [-0.39, 0.29) is 11.7 Å². The predicted molar refractivity (Wildman–Crippen MR) is 63.5 cm³/mol. The summed E-state index contributed by atoms with van der Waals surface area (Å²) in [4.78, 5) is 0. The van der Waals surface area contributed by atoms with Crippen LogP contribution in [-0.2, 0) is 14.9 Å². The maximum absolute atomic E-state index is 5.77. The molecule has 0 saturated carbocycles. The fraction of sp³-hybridized carbons (Fsp3) is 0.750. The van der Waals surface area contributed by atoms with Crippen molar-refractivity contribution in [3.63, 3.8) is 0 Å². The van der Waals surface area contributed by atoms with E-state index in [1.807, 2.05) is 13.8 Å². The molecule has 5 heteroatoms. The second-order valence-electron chi connectivity index (χ2n) is 5.11. The lowest BCUT2D eigenvalue weighted by atomic mass is 9.90. The number of ether oxygens (including phenoxy) is 2. The van der Waals surface area contributed by atoms with E-state index in [0.717, 1.165) is 25.1 Å². The number of rotatable bonds is 4. The molecule has 2 heterocycles. The SMILES string of the molecule is CC(C)(CO[C@H]1CCCCO1)c1cc(N)on1. The molecular formula is C12H20N2O3. The van der Waals surface area contributed by atoms with Gasteiger partial charge in [-0.05, 0) is 19.3 Å². The van der Waals surface area contributed by atoms with Gasteiger partial charge < -0.3 is 19.7 Å². The molecule has 17 heavy (non-hydrogen) atoms. The molecule has 0 aromatic carbocycles. The number of aromatic nitrogens is 1. The molecule has 1 saturated heterocycles. The van der Waals surface area contributed by atoms with E-state index < -0.39 is 0 Å². The normalized spacial score (nSPS) is 21.6. The summed E-state index contributed by atoms with van der Waals surface area (Å²) >= 11 is 0. The molecule has 2 N–H and O–H groups in total. The Bertz CT molecular complexity index is 356. The molecule has 0 spiro atoms. The van der Waals surface area contributed by atoms with Gasteiger partial charge in [-0.25, -0.2) is 0 Å². The largest absolute Gasteiger partial charge is 0.368 e. The summed E-state index contributed by atoms with van der Waals surface area (Å²) in [6.07, 6.45) is 3.19. The van der Waals surface area contributed by atoms with Crippen LogP contribution in [-0.4, -0.2) is 24.7 Å². The molecule has 0 radical (unpaired) electrons. The van der Waals surface area contributed by atoms with Crippen LogP contribution in [0.3, 0.4) is 0 Å². The molecule has 1 fully saturated rings. The third-order valence-corrected chi connectivity index (χ3v) is 2.99. The van der Waals surface area contributed by atoms with E-state index in [1.54, 1.807) is 6.07 Å². The van der Waals surface area contributed by atoms with Gasteiger partial charge in [-0.15, -0.1) is 0 Å². The van der Waals surface area contributed by atoms with E-state index in [1.165, 1.54) is 6.42 Å². The predicted octanol–water partition coefficient (Wildman–Crippen LogP) is 2.08. The van der Waals surface area contributed by atoms with Crippen molar-refractivity contribution in [1.82, 2.24) is 5.16 Å². The van der Waals surface area contributed by atoms with Gasteiger partial charge in [0.1, 0.15) is 0 Å². The molecule has 0 amide bonds. The quantitative estimate of drug-likeness (QED) is 0.872. The van der Waals surface area contributed by atoms with Crippen LogP contribution in [0.1, 0.15) is 38.8 Å². The lowest BCUT2D eigenvalue weighted by Gasteiger charge is -2.28. The zero-order valence-electron chi connectivity index (χ0n) is 10.4. The highest BCUT2D eigenvalue weighted by molar-refractivity contribution is 5.28. The summed E-state index contributed by atoms with van der Waals surface area (Å²) in [5.41, 5.74) is 6.11. The monoisotopic (exact) mass is 240 g/mol. The maximum Gasteiger partial charge on any atom is 0.222 e. The number of hydrogen-bond acceptors (Lipinski definition) is 5. The lowest BCUT2D eigenvalue weighted by molar-refractivity contribution is -0.170. The minimum absolute atomic E-state index is 0.0766. The van der Waals surface area contributed by atoms with Gasteiger partial charge in [-0.1, -0.05) is 19.0 Å². The van der Waals surface area contributed by atoms with E-state index in [9.17, 15) is 0 Å². The van der Waals surface area contributed by atoms with E-state index in [4.69, 9.17) is 19.7 Å². The van der Waals surface area contributed by atoms with Crippen LogP contribution in [0, 0.1) is 0 Å². The number of nitrogens with zero attached hydrogens (tertiary/aromatic N) is 1. The van der Waals surface area contributed by atoms with E-state index >= 15 is 0 Å². The van der Waals surface area contributed by atoms with Crippen molar-refractivity contribution < 1.29 is 14.0 Å². The Balaban J connectivity index is 1.88. The van der Waals surface area contributed by atoms with Crippen molar-refractivity contribution in [3.8, 4) is 0 Å². The minimum Gasteiger partial charge on any atom is -0.368 e. The third kappa shape index (κ3) is 3.20. The Labute approximate surface area is 101 Å². The highest BCUT2D eigenvalue weighted by Gasteiger charge is 2.27. The smallest absolute Gasteiger partial charge is 0.222 e. The van der Waals surface area contributed by atoms with Crippen molar-refractivity contribution >= 4 is 5.88 Å². The molecule has 0 unspecified atom stereocenters. The Morgan fingerprint density at radius 1 is 1.53 bits per heavy atom. The molecule has 0 bridgehead atoms. The van der Waals surface area contributed by atoms with Gasteiger partial charge in [0.15, 0.2) is 6.29 Å². The minimum atomic E-state index is -0.220. The van der Waals surface area contributed by atoms with Crippen molar-refractivity contribution in [1.29, 1.82) is 0 Å². The average Bonchev–Trinajstić information content (AvgIpc) is 2.76. The van der Waals surface area contributed by atoms with Gasteiger partial charge in [0.2, 0.25) is 5.88 Å². The first kappa shape index (κ1) is 12.4. The molecule has 1 atom stereocenters. The summed E-state index contributed by atoms with van der Waals surface area (Å²) in [5, 5.41) is 3.93. The summed E-state index contributed by atoms with van der Waals surface area (Å²) < 4.78 is 16.2. The van der Waals surface area contributed by atoms with Crippen LogP contribution in [0.2, 0.25) is 0 Å². The standard InChI is InChI=1S/C12H20N2O3/c1-12(2,9-7-10(13)17-14-9)8-16-11-5-3-4-6-15-11/h7,11H,3-6,8,13H2,1-2H3/t11-/m0/s1. The van der Waals surface area contributed by atoms with E-state index in [2.05, 4.69) is 5.16 Å². The molecular weight excluding hydrogens is 220 g/mol. The number of hydrogen-bond donors (Lipinski definition) is 1. The molecule has 2 rings (SSSR count). The van der Waals surface area contributed by atoms with Gasteiger partial charge in [0.25, 0.3) is 0 Å². The van der Waals surface area contributed by atoms with Crippen molar-refractivity contribution in [2.75, 3.05) is 18.9 Å². The summed E-state index contributed by atoms with van der Waals surface area (Å²) in [6.45, 7) is 5.44.